The smallest absolute Gasteiger partial charge is 0.224 e. The second kappa shape index (κ2) is 5.63. The summed E-state index contributed by atoms with van der Waals surface area (Å²) in [7, 11) is 0. The molecule has 1 aliphatic rings. The lowest BCUT2D eigenvalue weighted by Gasteiger charge is -2.09. The molecule has 1 N–H and O–H groups in total. The largest absolute Gasteiger partial charge is 0.326 e. The first-order valence-corrected chi connectivity index (χ1v) is 6.69. The van der Waals surface area contributed by atoms with Gasteiger partial charge in [-0.2, -0.15) is 0 Å². The van der Waals surface area contributed by atoms with Crippen LogP contribution in [0.25, 0.3) is 0 Å². The predicted molar refractivity (Wildman–Crippen MR) is 69.3 cm³/mol. The van der Waals surface area contributed by atoms with E-state index in [1.165, 1.54) is 18.9 Å². The molecule has 92 valence electrons. The molecule has 2 rings (SSSR count). The first kappa shape index (κ1) is 12.6. The number of anilines is 1. The highest BCUT2D eigenvalue weighted by atomic mass is 79.9. The van der Waals surface area contributed by atoms with Crippen molar-refractivity contribution in [2.24, 2.45) is 5.92 Å². The highest BCUT2D eigenvalue weighted by molar-refractivity contribution is 9.10. The van der Waals surface area contributed by atoms with Crippen LogP contribution < -0.4 is 5.32 Å². The Hall–Kier alpha value is -0.900. The average Bonchev–Trinajstić information content (AvgIpc) is 2.76. The predicted octanol–water partition coefficient (Wildman–Crippen LogP) is 4.11. The lowest BCUT2D eigenvalue weighted by atomic mass is 10.0. The molecule has 1 amide bonds. The third kappa shape index (κ3) is 3.53. The molecule has 2 nitrogen and oxygen atoms in total. The Balaban J connectivity index is 1.90. The van der Waals surface area contributed by atoms with Crippen LogP contribution in [0.2, 0.25) is 0 Å². The van der Waals surface area contributed by atoms with Gasteiger partial charge in [0, 0.05) is 12.1 Å². The Kier molecular flexibility index (Phi) is 4.15. The standard InChI is InChI=1S/C13H15BrFNO/c14-11-8-10(5-6-12(11)15)16-13(17)7-9-3-1-2-4-9/h5-6,8-9H,1-4,7H2,(H,16,17). The van der Waals surface area contributed by atoms with Gasteiger partial charge >= 0.3 is 0 Å². The van der Waals surface area contributed by atoms with Crippen LogP contribution in [0.4, 0.5) is 10.1 Å². The number of amides is 1. The summed E-state index contributed by atoms with van der Waals surface area (Å²) in [5.74, 6) is 0.230. The maximum absolute atomic E-state index is 13.0. The third-order valence-electron chi connectivity index (χ3n) is 3.15. The van der Waals surface area contributed by atoms with E-state index in [9.17, 15) is 9.18 Å². The molecule has 4 heteroatoms. The molecule has 1 aromatic rings. The van der Waals surface area contributed by atoms with E-state index in [0.717, 1.165) is 12.8 Å². The van der Waals surface area contributed by atoms with Crippen molar-refractivity contribution in [2.45, 2.75) is 32.1 Å². The maximum atomic E-state index is 13.0. The molecule has 0 spiro atoms. The highest BCUT2D eigenvalue weighted by Crippen LogP contribution is 2.28. The van der Waals surface area contributed by atoms with Gasteiger partial charge in [0.15, 0.2) is 0 Å². The summed E-state index contributed by atoms with van der Waals surface area (Å²) >= 11 is 3.10. The van der Waals surface area contributed by atoms with Crippen LogP contribution >= 0.6 is 15.9 Å². The normalized spacial score (nSPS) is 16.1. The number of benzene rings is 1. The minimum atomic E-state index is -0.321. The molecule has 0 radical (unpaired) electrons. The zero-order valence-electron chi connectivity index (χ0n) is 9.51. The number of carbonyl (C=O) groups excluding carboxylic acids is 1. The van der Waals surface area contributed by atoms with Crippen LogP contribution in [0, 0.1) is 11.7 Å². The van der Waals surface area contributed by atoms with Gasteiger partial charge in [-0.15, -0.1) is 0 Å². The number of rotatable bonds is 3. The van der Waals surface area contributed by atoms with Crippen LogP contribution in [-0.4, -0.2) is 5.91 Å². The summed E-state index contributed by atoms with van der Waals surface area (Å²) in [5.41, 5.74) is 0.640. The fourth-order valence-corrected chi connectivity index (χ4v) is 2.64. The SMILES string of the molecule is O=C(CC1CCCC1)Nc1ccc(F)c(Br)c1. The van der Waals surface area contributed by atoms with E-state index in [-0.39, 0.29) is 11.7 Å². The van der Waals surface area contributed by atoms with Crippen molar-refractivity contribution in [1.82, 2.24) is 0 Å². The van der Waals surface area contributed by atoms with E-state index in [1.54, 1.807) is 12.1 Å². The van der Waals surface area contributed by atoms with E-state index in [2.05, 4.69) is 21.2 Å². The molecule has 0 aliphatic heterocycles. The van der Waals surface area contributed by atoms with E-state index in [1.807, 2.05) is 0 Å². The van der Waals surface area contributed by atoms with Crippen molar-refractivity contribution in [3.63, 3.8) is 0 Å². The van der Waals surface area contributed by atoms with Crippen LogP contribution in [-0.2, 0) is 4.79 Å². The summed E-state index contributed by atoms with van der Waals surface area (Å²) in [6.45, 7) is 0. The molecule has 0 aromatic heterocycles. The van der Waals surface area contributed by atoms with Crippen LogP contribution in [0.5, 0.6) is 0 Å². The Morgan fingerprint density at radius 3 is 2.76 bits per heavy atom. The molecule has 0 atom stereocenters. The monoisotopic (exact) mass is 299 g/mol. The molecular formula is C13H15BrFNO. The van der Waals surface area contributed by atoms with Crippen molar-refractivity contribution >= 4 is 27.5 Å². The maximum Gasteiger partial charge on any atom is 0.224 e. The molecule has 0 unspecified atom stereocenters. The number of hydrogen-bond acceptors (Lipinski definition) is 1. The summed E-state index contributed by atoms with van der Waals surface area (Å²) in [5, 5.41) is 2.80. The van der Waals surface area contributed by atoms with Gasteiger partial charge in [0.25, 0.3) is 0 Å². The zero-order valence-corrected chi connectivity index (χ0v) is 11.1. The number of hydrogen-bond donors (Lipinski definition) is 1. The Morgan fingerprint density at radius 2 is 2.12 bits per heavy atom. The van der Waals surface area contributed by atoms with Gasteiger partial charge < -0.3 is 5.32 Å². The Morgan fingerprint density at radius 1 is 1.41 bits per heavy atom. The van der Waals surface area contributed by atoms with E-state index >= 15 is 0 Å². The van der Waals surface area contributed by atoms with Crippen molar-refractivity contribution < 1.29 is 9.18 Å². The summed E-state index contributed by atoms with van der Waals surface area (Å²) < 4.78 is 13.4. The van der Waals surface area contributed by atoms with Gasteiger partial charge in [-0.3, -0.25) is 4.79 Å². The number of halogens is 2. The molecule has 0 heterocycles. The molecule has 1 aliphatic carbocycles. The van der Waals surface area contributed by atoms with Crippen molar-refractivity contribution in [1.29, 1.82) is 0 Å². The third-order valence-corrected chi connectivity index (χ3v) is 3.76. The zero-order chi connectivity index (χ0) is 12.3. The molecular weight excluding hydrogens is 285 g/mol. The van der Waals surface area contributed by atoms with Gasteiger partial charge in [0.1, 0.15) is 5.82 Å². The van der Waals surface area contributed by atoms with Gasteiger partial charge in [-0.05, 0) is 52.9 Å². The number of carbonyl (C=O) groups is 1. The topological polar surface area (TPSA) is 29.1 Å². The lowest BCUT2D eigenvalue weighted by Crippen LogP contribution is -2.15. The van der Waals surface area contributed by atoms with E-state index in [0.29, 0.717) is 22.5 Å². The Bertz CT molecular complexity index is 416. The molecule has 0 saturated heterocycles. The quantitative estimate of drug-likeness (QED) is 0.894. The average molecular weight is 300 g/mol. The van der Waals surface area contributed by atoms with Crippen molar-refractivity contribution in [3.8, 4) is 0 Å². The van der Waals surface area contributed by atoms with Gasteiger partial charge in [-0.1, -0.05) is 12.8 Å². The lowest BCUT2D eigenvalue weighted by molar-refractivity contribution is -0.117. The fraction of sp³-hybridized carbons (Fsp3) is 0.462. The van der Waals surface area contributed by atoms with Crippen molar-refractivity contribution in [3.05, 3.63) is 28.5 Å². The first-order chi connectivity index (χ1) is 8.15. The van der Waals surface area contributed by atoms with Gasteiger partial charge in [0.2, 0.25) is 5.91 Å². The molecule has 0 bridgehead atoms. The summed E-state index contributed by atoms with van der Waals surface area (Å²) in [6, 6.07) is 4.50. The molecule has 1 fully saturated rings. The second-order valence-electron chi connectivity index (χ2n) is 4.53. The summed E-state index contributed by atoms with van der Waals surface area (Å²) in [6.07, 6.45) is 5.36. The fourth-order valence-electron chi connectivity index (χ4n) is 2.26. The van der Waals surface area contributed by atoms with Gasteiger partial charge in [-0.25, -0.2) is 4.39 Å². The van der Waals surface area contributed by atoms with Gasteiger partial charge in [0.05, 0.1) is 4.47 Å². The van der Waals surface area contributed by atoms with E-state index in [4.69, 9.17) is 0 Å². The minimum Gasteiger partial charge on any atom is -0.326 e. The van der Waals surface area contributed by atoms with Crippen LogP contribution in [0.1, 0.15) is 32.1 Å². The second-order valence-corrected chi connectivity index (χ2v) is 5.39. The minimum absolute atomic E-state index is 0.0235. The van der Waals surface area contributed by atoms with Crippen LogP contribution in [0.15, 0.2) is 22.7 Å². The summed E-state index contributed by atoms with van der Waals surface area (Å²) in [4.78, 5) is 11.7. The first-order valence-electron chi connectivity index (χ1n) is 5.90. The van der Waals surface area contributed by atoms with Crippen LogP contribution in [0.3, 0.4) is 0 Å². The Labute approximate surface area is 109 Å². The number of nitrogens with one attached hydrogen (secondary N) is 1. The molecule has 17 heavy (non-hydrogen) atoms. The molecule has 1 saturated carbocycles. The highest BCUT2D eigenvalue weighted by Gasteiger charge is 2.18. The molecule has 1 aromatic carbocycles. The van der Waals surface area contributed by atoms with Crippen molar-refractivity contribution in [2.75, 3.05) is 5.32 Å². The van der Waals surface area contributed by atoms with E-state index < -0.39 is 0 Å².